The molecular weight excluding hydrogens is 176 g/mol. The van der Waals surface area contributed by atoms with Crippen molar-refractivity contribution in [2.24, 2.45) is 0 Å². The fourth-order valence-corrected chi connectivity index (χ4v) is 1.50. The number of hydrogen-bond donors (Lipinski definition) is 0. The van der Waals surface area contributed by atoms with E-state index in [0.717, 1.165) is 5.56 Å². The first-order chi connectivity index (χ1) is 6.55. The smallest absolute Gasteiger partial charge is 0.293 e. The van der Waals surface area contributed by atoms with Gasteiger partial charge < -0.3 is 4.74 Å². The first kappa shape index (κ1) is 10.8. The van der Waals surface area contributed by atoms with Crippen LogP contribution in [0.25, 0.3) is 0 Å². The average molecular weight is 192 g/mol. The van der Waals surface area contributed by atoms with Gasteiger partial charge in [-0.3, -0.25) is 4.79 Å². The maximum absolute atomic E-state index is 10.1. The van der Waals surface area contributed by atoms with Crippen LogP contribution in [0.15, 0.2) is 24.3 Å². The highest BCUT2D eigenvalue weighted by molar-refractivity contribution is 5.39. The lowest BCUT2D eigenvalue weighted by Crippen LogP contribution is -2.14. The zero-order valence-electron chi connectivity index (χ0n) is 8.91. The van der Waals surface area contributed by atoms with Crippen LogP contribution in [0.1, 0.15) is 31.9 Å². The Morgan fingerprint density at radius 3 is 2.50 bits per heavy atom. The van der Waals surface area contributed by atoms with E-state index in [-0.39, 0.29) is 5.41 Å². The third-order valence-electron chi connectivity index (χ3n) is 2.13. The van der Waals surface area contributed by atoms with E-state index in [1.807, 2.05) is 18.2 Å². The normalized spacial score (nSPS) is 11.1. The molecular formula is C12H16O2. The molecule has 0 aliphatic heterocycles. The largest absolute Gasteiger partial charge is 0.463 e. The van der Waals surface area contributed by atoms with Gasteiger partial charge in [-0.1, -0.05) is 45.0 Å². The number of carbonyl (C=O) groups excluding carboxylic acids is 1. The van der Waals surface area contributed by atoms with Crippen molar-refractivity contribution in [3.63, 3.8) is 0 Å². The number of ether oxygens (including phenoxy) is 1. The minimum atomic E-state index is 0.0861. The van der Waals surface area contributed by atoms with Crippen molar-refractivity contribution in [3.05, 3.63) is 35.4 Å². The molecule has 0 fully saturated rings. The van der Waals surface area contributed by atoms with Gasteiger partial charge in [-0.05, 0) is 16.5 Å². The Morgan fingerprint density at radius 1 is 1.29 bits per heavy atom. The van der Waals surface area contributed by atoms with Gasteiger partial charge in [0, 0.05) is 0 Å². The van der Waals surface area contributed by atoms with Gasteiger partial charge in [-0.15, -0.1) is 0 Å². The molecule has 0 aliphatic rings. The Bertz CT molecular complexity index is 310. The number of rotatable bonds is 3. The summed E-state index contributed by atoms with van der Waals surface area (Å²) in [6, 6.07) is 8.03. The van der Waals surface area contributed by atoms with Crippen molar-refractivity contribution in [1.82, 2.24) is 0 Å². The summed E-state index contributed by atoms with van der Waals surface area (Å²) in [5.74, 6) is 0. The predicted molar refractivity (Wildman–Crippen MR) is 56.0 cm³/mol. The van der Waals surface area contributed by atoms with Crippen molar-refractivity contribution >= 4 is 6.47 Å². The van der Waals surface area contributed by atoms with E-state index in [1.165, 1.54) is 5.56 Å². The summed E-state index contributed by atoms with van der Waals surface area (Å²) in [6.07, 6.45) is 0. The maximum atomic E-state index is 10.1. The lowest BCUT2D eigenvalue weighted by atomic mass is 9.84. The molecule has 1 rings (SSSR count). The Balaban J connectivity index is 2.97. The van der Waals surface area contributed by atoms with Crippen molar-refractivity contribution in [3.8, 4) is 0 Å². The predicted octanol–water partition coefficient (Wildman–Crippen LogP) is 2.66. The summed E-state index contributed by atoms with van der Waals surface area (Å²) in [7, 11) is 0. The van der Waals surface area contributed by atoms with Crippen LogP contribution in [-0.4, -0.2) is 6.47 Å². The molecule has 0 saturated carbocycles. The lowest BCUT2D eigenvalue weighted by Gasteiger charge is -2.22. The van der Waals surface area contributed by atoms with Crippen molar-refractivity contribution in [2.75, 3.05) is 0 Å². The Kier molecular flexibility index (Phi) is 3.28. The molecule has 0 heterocycles. The minimum absolute atomic E-state index is 0.0861. The second-order valence-electron chi connectivity index (χ2n) is 4.31. The summed E-state index contributed by atoms with van der Waals surface area (Å²) >= 11 is 0. The van der Waals surface area contributed by atoms with E-state index in [1.54, 1.807) is 0 Å². The second kappa shape index (κ2) is 4.27. The standard InChI is InChI=1S/C12H16O2/c1-12(2,3)11-7-5-4-6-10(11)8-14-9-13/h4-7,9H,8H2,1-3H3. The summed E-state index contributed by atoms with van der Waals surface area (Å²) < 4.78 is 4.77. The summed E-state index contributed by atoms with van der Waals surface area (Å²) in [5.41, 5.74) is 2.39. The molecule has 1 aromatic carbocycles. The molecule has 0 radical (unpaired) electrons. The molecule has 1 aromatic rings. The van der Waals surface area contributed by atoms with Gasteiger partial charge in [0.2, 0.25) is 0 Å². The van der Waals surface area contributed by atoms with E-state index in [9.17, 15) is 4.79 Å². The van der Waals surface area contributed by atoms with Gasteiger partial charge >= 0.3 is 0 Å². The molecule has 0 saturated heterocycles. The number of benzene rings is 1. The molecule has 0 aliphatic carbocycles. The van der Waals surface area contributed by atoms with Crippen LogP contribution in [0.3, 0.4) is 0 Å². The molecule has 2 heteroatoms. The van der Waals surface area contributed by atoms with E-state index < -0.39 is 0 Å². The van der Waals surface area contributed by atoms with Gasteiger partial charge in [0.25, 0.3) is 6.47 Å². The molecule has 0 atom stereocenters. The van der Waals surface area contributed by atoms with Crippen LogP contribution >= 0.6 is 0 Å². The first-order valence-electron chi connectivity index (χ1n) is 4.69. The van der Waals surface area contributed by atoms with E-state index >= 15 is 0 Å². The summed E-state index contributed by atoms with van der Waals surface area (Å²) in [4.78, 5) is 10.1. The monoisotopic (exact) mass is 192 g/mol. The SMILES string of the molecule is CC(C)(C)c1ccccc1COC=O. The Labute approximate surface area is 84.9 Å². The van der Waals surface area contributed by atoms with Crippen molar-refractivity contribution in [2.45, 2.75) is 32.8 Å². The topological polar surface area (TPSA) is 26.3 Å². The highest BCUT2D eigenvalue weighted by Gasteiger charge is 2.16. The van der Waals surface area contributed by atoms with Gasteiger partial charge in [-0.2, -0.15) is 0 Å². The number of hydrogen-bond acceptors (Lipinski definition) is 2. The molecule has 0 aromatic heterocycles. The highest BCUT2D eigenvalue weighted by atomic mass is 16.5. The quantitative estimate of drug-likeness (QED) is 0.688. The lowest BCUT2D eigenvalue weighted by molar-refractivity contribution is -0.129. The van der Waals surface area contributed by atoms with Gasteiger partial charge in [0.05, 0.1) is 0 Å². The summed E-state index contributed by atoms with van der Waals surface area (Å²) in [5, 5.41) is 0. The van der Waals surface area contributed by atoms with Crippen LogP contribution in [0.4, 0.5) is 0 Å². The van der Waals surface area contributed by atoms with Gasteiger partial charge in [0.15, 0.2) is 0 Å². The van der Waals surface area contributed by atoms with Crippen LogP contribution < -0.4 is 0 Å². The number of carbonyl (C=O) groups is 1. The average Bonchev–Trinajstić information content (AvgIpc) is 2.14. The van der Waals surface area contributed by atoms with Crippen molar-refractivity contribution < 1.29 is 9.53 Å². The molecule has 0 unspecified atom stereocenters. The fraction of sp³-hybridized carbons (Fsp3) is 0.417. The van der Waals surface area contributed by atoms with Crippen molar-refractivity contribution in [1.29, 1.82) is 0 Å². The third-order valence-corrected chi connectivity index (χ3v) is 2.13. The highest BCUT2D eigenvalue weighted by Crippen LogP contribution is 2.25. The Hall–Kier alpha value is -1.31. The minimum Gasteiger partial charge on any atom is -0.463 e. The fourth-order valence-electron chi connectivity index (χ4n) is 1.50. The molecule has 76 valence electrons. The Morgan fingerprint density at radius 2 is 1.93 bits per heavy atom. The molecule has 0 spiro atoms. The van der Waals surface area contributed by atoms with E-state index in [2.05, 4.69) is 26.8 Å². The van der Waals surface area contributed by atoms with Gasteiger partial charge in [0.1, 0.15) is 6.61 Å². The molecule has 14 heavy (non-hydrogen) atoms. The third kappa shape index (κ3) is 2.59. The first-order valence-corrected chi connectivity index (χ1v) is 4.69. The van der Waals surface area contributed by atoms with Gasteiger partial charge in [-0.25, -0.2) is 0 Å². The molecule has 2 nitrogen and oxygen atoms in total. The van der Waals surface area contributed by atoms with Crippen LogP contribution in [0.2, 0.25) is 0 Å². The molecule has 0 N–H and O–H groups in total. The van der Waals surface area contributed by atoms with Crippen LogP contribution in [0.5, 0.6) is 0 Å². The van der Waals surface area contributed by atoms with E-state index in [4.69, 9.17) is 4.74 Å². The zero-order chi connectivity index (χ0) is 10.6. The zero-order valence-corrected chi connectivity index (χ0v) is 8.91. The van der Waals surface area contributed by atoms with Crippen LogP contribution in [-0.2, 0) is 21.6 Å². The summed E-state index contributed by atoms with van der Waals surface area (Å²) in [6.45, 7) is 7.28. The van der Waals surface area contributed by atoms with E-state index in [0.29, 0.717) is 13.1 Å². The molecule has 0 amide bonds. The second-order valence-corrected chi connectivity index (χ2v) is 4.31. The molecule has 0 bridgehead atoms. The van der Waals surface area contributed by atoms with Crippen LogP contribution in [0, 0.1) is 0 Å². The maximum Gasteiger partial charge on any atom is 0.293 e.